The molecule has 1 saturated carbocycles. The zero-order valence-corrected chi connectivity index (χ0v) is 24.3. The van der Waals surface area contributed by atoms with Crippen molar-refractivity contribution < 1.29 is 23.1 Å². The number of ether oxygens (including phenoxy) is 1. The Kier molecular flexibility index (Phi) is 9.73. The summed E-state index contributed by atoms with van der Waals surface area (Å²) >= 11 is 1.15. The number of hydrogen-bond donors (Lipinski definition) is 2. The number of nitrogens with zero attached hydrogens (tertiary/aromatic N) is 2. The summed E-state index contributed by atoms with van der Waals surface area (Å²) in [5.74, 6) is 1.22. The van der Waals surface area contributed by atoms with Crippen LogP contribution in [0.4, 0.5) is 5.69 Å². The molecule has 0 bridgehead atoms. The number of amides is 1. The number of benzene rings is 1. The average Bonchev–Trinajstić information content (AvgIpc) is 3.44. The van der Waals surface area contributed by atoms with Crippen LogP contribution in [-0.4, -0.2) is 74.7 Å². The fraction of sp³-hybridized carbons (Fsp3) is 0.607. The van der Waals surface area contributed by atoms with E-state index in [0.717, 1.165) is 24.4 Å². The van der Waals surface area contributed by atoms with Gasteiger partial charge in [0.2, 0.25) is 5.91 Å². The van der Waals surface area contributed by atoms with E-state index in [-0.39, 0.29) is 41.2 Å². The van der Waals surface area contributed by atoms with E-state index in [9.17, 15) is 18.3 Å². The Labute approximate surface area is 231 Å². The molecule has 0 spiro atoms. The second kappa shape index (κ2) is 12.8. The maximum Gasteiger partial charge on any atom is 0.271 e. The number of aliphatic hydroxyl groups excluding tert-OH is 1. The summed E-state index contributed by atoms with van der Waals surface area (Å²) in [6, 6.07) is 8.07. The Bertz CT molecular complexity index is 1170. The van der Waals surface area contributed by atoms with E-state index < -0.39 is 10.0 Å². The lowest BCUT2D eigenvalue weighted by Crippen LogP contribution is -2.48. The summed E-state index contributed by atoms with van der Waals surface area (Å²) < 4.78 is 35.0. The number of thiophene rings is 1. The van der Waals surface area contributed by atoms with Crippen LogP contribution in [0.15, 0.2) is 39.9 Å². The van der Waals surface area contributed by atoms with Crippen molar-refractivity contribution in [3.8, 4) is 5.75 Å². The lowest BCUT2D eigenvalue weighted by atomic mass is 9.89. The first-order valence-corrected chi connectivity index (χ1v) is 16.0. The van der Waals surface area contributed by atoms with Crippen LogP contribution in [0.1, 0.15) is 51.5 Å². The van der Waals surface area contributed by atoms with Gasteiger partial charge in [0.05, 0.1) is 19.1 Å². The van der Waals surface area contributed by atoms with Crippen molar-refractivity contribution in [3.63, 3.8) is 0 Å². The Hall–Kier alpha value is -2.14. The summed E-state index contributed by atoms with van der Waals surface area (Å²) in [5.41, 5.74) is 1.01. The number of sulfonamides is 1. The number of fused-ring (bicyclic) bond motifs is 1. The molecule has 10 heteroatoms. The van der Waals surface area contributed by atoms with Gasteiger partial charge in [0.1, 0.15) is 16.1 Å². The minimum Gasteiger partial charge on any atom is -0.488 e. The first kappa shape index (κ1) is 28.9. The highest BCUT2D eigenvalue weighted by Crippen LogP contribution is 2.31. The number of hydrogen-bond acceptors (Lipinski definition) is 7. The molecule has 1 aromatic carbocycles. The summed E-state index contributed by atoms with van der Waals surface area (Å²) in [4.78, 5) is 17.5. The molecule has 1 amide bonds. The minimum atomic E-state index is -3.72. The number of anilines is 1. The van der Waals surface area contributed by atoms with Crippen molar-refractivity contribution in [2.24, 2.45) is 11.8 Å². The molecule has 3 atom stereocenters. The molecule has 2 aromatic rings. The van der Waals surface area contributed by atoms with Gasteiger partial charge >= 0.3 is 0 Å². The van der Waals surface area contributed by atoms with Crippen molar-refractivity contribution in [2.75, 3.05) is 38.0 Å². The molecule has 0 unspecified atom stereocenters. The first-order valence-electron chi connectivity index (χ1n) is 13.6. The second-order valence-corrected chi connectivity index (χ2v) is 13.8. The summed E-state index contributed by atoms with van der Waals surface area (Å²) in [7, 11) is -1.58. The van der Waals surface area contributed by atoms with Crippen LogP contribution in [0.25, 0.3) is 0 Å². The number of carbonyl (C=O) groups excluding carboxylic acids is 1. The number of likely N-dealkylation sites (N-methyl/N-ethyl adjacent to an activating group) is 1. The molecular weight excluding hydrogens is 522 g/mol. The molecule has 210 valence electrons. The monoisotopic (exact) mass is 563 g/mol. The highest BCUT2D eigenvalue weighted by molar-refractivity contribution is 7.94. The van der Waals surface area contributed by atoms with Crippen molar-refractivity contribution in [2.45, 2.75) is 68.7 Å². The summed E-state index contributed by atoms with van der Waals surface area (Å²) in [6.45, 7) is 6.05. The minimum absolute atomic E-state index is 0.0321. The Morgan fingerprint density at radius 1 is 1.21 bits per heavy atom. The maximum absolute atomic E-state index is 13.4. The Morgan fingerprint density at radius 2 is 1.97 bits per heavy atom. The molecule has 2 heterocycles. The van der Waals surface area contributed by atoms with E-state index in [0.29, 0.717) is 29.5 Å². The molecule has 1 aliphatic heterocycles. The molecule has 2 N–H and O–H groups in total. The van der Waals surface area contributed by atoms with E-state index in [2.05, 4.69) is 23.6 Å². The fourth-order valence-electron chi connectivity index (χ4n) is 5.52. The van der Waals surface area contributed by atoms with Gasteiger partial charge in [-0.05, 0) is 62.4 Å². The van der Waals surface area contributed by atoms with E-state index in [1.807, 2.05) is 6.92 Å². The lowest BCUT2D eigenvalue weighted by Gasteiger charge is -2.35. The van der Waals surface area contributed by atoms with Crippen molar-refractivity contribution in [1.29, 1.82) is 0 Å². The molecule has 1 aliphatic carbocycles. The molecule has 1 fully saturated rings. The normalized spacial score (nSPS) is 22.2. The largest absolute Gasteiger partial charge is 0.488 e. The van der Waals surface area contributed by atoms with Crippen LogP contribution in [0.2, 0.25) is 0 Å². The lowest BCUT2D eigenvalue weighted by molar-refractivity contribution is -0.134. The molecular formula is C28H41N3O5S2. The zero-order chi connectivity index (χ0) is 27.3. The van der Waals surface area contributed by atoms with Gasteiger partial charge in [0, 0.05) is 36.8 Å². The third-order valence-electron chi connectivity index (χ3n) is 7.71. The predicted octanol–water partition coefficient (Wildman–Crippen LogP) is 4.21. The van der Waals surface area contributed by atoms with Crippen molar-refractivity contribution in [1.82, 2.24) is 9.80 Å². The highest BCUT2D eigenvalue weighted by Gasteiger charge is 2.31. The third kappa shape index (κ3) is 7.28. The molecule has 4 rings (SSSR count). The van der Waals surface area contributed by atoms with Gasteiger partial charge in [-0.1, -0.05) is 32.3 Å². The molecule has 1 aromatic heterocycles. The van der Waals surface area contributed by atoms with Crippen molar-refractivity contribution >= 4 is 33.0 Å². The topological polar surface area (TPSA) is 99.2 Å². The van der Waals surface area contributed by atoms with Gasteiger partial charge in [-0.3, -0.25) is 9.52 Å². The van der Waals surface area contributed by atoms with Gasteiger partial charge in [-0.25, -0.2) is 8.42 Å². The quantitative estimate of drug-likeness (QED) is 0.474. The number of carbonyl (C=O) groups is 1. The van der Waals surface area contributed by atoms with E-state index in [1.165, 1.54) is 32.1 Å². The van der Waals surface area contributed by atoms with Crippen molar-refractivity contribution in [3.05, 3.63) is 41.3 Å². The standard InChI is InChI=1S/C28H41N3O5S2/c1-20-16-31(21(2)19-32)27(33)15-23-14-24(29-38(34,35)28-10-7-13-37-28)11-12-25(23)36-26(20)18-30(3)17-22-8-5-4-6-9-22/h7,10-14,20-22,26,29,32H,4-6,8-9,15-19H2,1-3H3/t20-,21-,26+/m0/s1. The van der Waals surface area contributed by atoms with Crippen LogP contribution in [0.3, 0.4) is 0 Å². The number of aliphatic hydroxyl groups is 1. The first-order chi connectivity index (χ1) is 18.2. The van der Waals surface area contributed by atoms with Gasteiger partial charge in [-0.15, -0.1) is 11.3 Å². The maximum atomic E-state index is 13.4. The molecule has 0 radical (unpaired) electrons. The summed E-state index contributed by atoms with van der Waals surface area (Å²) in [6.07, 6.45) is 6.37. The fourth-order valence-corrected chi connectivity index (χ4v) is 7.57. The highest BCUT2D eigenvalue weighted by atomic mass is 32.2. The van der Waals surface area contributed by atoms with Gasteiger partial charge < -0.3 is 19.6 Å². The van der Waals surface area contributed by atoms with Crippen LogP contribution in [0.5, 0.6) is 5.75 Å². The van der Waals surface area contributed by atoms with Gasteiger partial charge in [0.25, 0.3) is 10.0 Å². The van der Waals surface area contributed by atoms with Gasteiger partial charge in [-0.2, -0.15) is 0 Å². The molecule has 0 saturated heterocycles. The smallest absolute Gasteiger partial charge is 0.271 e. The zero-order valence-electron chi connectivity index (χ0n) is 22.6. The third-order valence-corrected chi connectivity index (χ3v) is 10.5. The molecule has 38 heavy (non-hydrogen) atoms. The summed E-state index contributed by atoms with van der Waals surface area (Å²) in [5, 5.41) is 11.6. The Balaban J connectivity index is 1.59. The average molecular weight is 564 g/mol. The molecule has 2 aliphatic rings. The van der Waals surface area contributed by atoms with E-state index in [4.69, 9.17) is 4.74 Å². The number of nitrogens with one attached hydrogen (secondary N) is 1. The molecule has 8 nitrogen and oxygen atoms in total. The van der Waals surface area contributed by atoms with Crippen LogP contribution >= 0.6 is 11.3 Å². The van der Waals surface area contributed by atoms with Crippen LogP contribution < -0.4 is 9.46 Å². The van der Waals surface area contributed by atoms with Crippen LogP contribution in [-0.2, 0) is 21.2 Å². The van der Waals surface area contributed by atoms with E-state index >= 15 is 0 Å². The number of rotatable bonds is 9. The Morgan fingerprint density at radius 3 is 2.66 bits per heavy atom. The van der Waals surface area contributed by atoms with Gasteiger partial charge in [0.15, 0.2) is 0 Å². The SMILES string of the molecule is C[C@H]1CN([C@@H](C)CO)C(=O)Cc2cc(NS(=O)(=O)c3cccs3)ccc2O[C@@H]1CN(C)CC1CCCCC1. The van der Waals surface area contributed by atoms with E-state index in [1.54, 1.807) is 40.6 Å². The predicted molar refractivity (Wildman–Crippen MR) is 151 cm³/mol. The second-order valence-electron chi connectivity index (χ2n) is 11.0. The van der Waals surface area contributed by atoms with Crippen LogP contribution in [0, 0.1) is 11.8 Å².